The summed E-state index contributed by atoms with van der Waals surface area (Å²) in [4.78, 5) is 23.9. The van der Waals surface area contributed by atoms with Crippen molar-refractivity contribution in [3.8, 4) is 5.75 Å². The molecule has 0 heterocycles. The molecule has 144 valence electrons. The lowest BCUT2D eigenvalue weighted by molar-refractivity contribution is -0.360. The fourth-order valence-electron chi connectivity index (χ4n) is 1.98. The number of esters is 1. The summed E-state index contributed by atoms with van der Waals surface area (Å²) in [5, 5.41) is 2.36. The average molecular weight is 389 g/mol. The lowest BCUT2D eigenvalue weighted by Crippen LogP contribution is -2.41. The summed E-state index contributed by atoms with van der Waals surface area (Å²) < 4.78 is 70.9. The zero-order valence-electron chi connectivity index (χ0n) is 13.6. The highest BCUT2D eigenvalue weighted by molar-refractivity contribution is 6.08. The molecule has 0 spiro atoms. The maximum Gasteiger partial charge on any atom is 0.499 e. The second-order valence-corrected chi connectivity index (χ2v) is 5.14. The number of nitrogens with one attached hydrogen (secondary N) is 1. The van der Waals surface area contributed by atoms with Crippen molar-refractivity contribution < 1.29 is 41.0 Å². The summed E-state index contributed by atoms with van der Waals surface area (Å²) in [7, 11) is 1.14. The third-order valence-electron chi connectivity index (χ3n) is 3.25. The Morgan fingerprint density at radius 2 is 1.63 bits per heavy atom. The van der Waals surface area contributed by atoms with Gasteiger partial charge in [-0.2, -0.15) is 22.0 Å². The van der Waals surface area contributed by atoms with Gasteiger partial charge in [-0.05, 0) is 30.3 Å². The number of carbonyl (C=O) groups excluding carboxylic acids is 2. The average Bonchev–Trinajstić information content (AvgIpc) is 2.60. The number of halogens is 5. The Morgan fingerprint density at radius 3 is 2.26 bits per heavy atom. The van der Waals surface area contributed by atoms with Gasteiger partial charge >= 0.3 is 18.3 Å². The van der Waals surface area contributed by atoms with Gasteiger partial charge in [0.15, 0.2) is 0 Å². The molecule has 0 bridgehead atoms. The topological polar surface area (TPSA) is 64.6 Å². The van der Waals surface area contributed by atoms with E-state index in [1.165, 1.54) is 30.3 Å². The number of hydrogen-bond acceptors (Lipinski definition) is 4. The molecule has 0 saturated carbocycles. The molecule has 0 atom stereocenters. The quantitative estimate of drug-likeness (QED) is 0.613. The maximum atomic E-state index is 13.0. The van der Waals surface area contributed by atoms with Gasteiger partial charge in [0, 0.05) is 5.56 Å². The van der Waals surface area contributed by atoms with Crippen molar-refractivity contribution in [2.75, 3.05) is 12.4 Å². The third-order valence-corrected chi connectivity index (χ3v) is 3.25. The molecule has 2 aromatic carbocycles. The first-order chi connectivity index (χ1) is 12.5. The summed E-state index contributed by atoms with van der Waals surface area (Å²) in [6.45, 7) is 0. The fourth-order valence-corrected chi connectivity index (χ4v) is 1.98. The molecular formula is C17H12F5NO4. The van der Waals surface area contributed by atoms with Crippen molar-refractivity contribution in [2.45, 2.75) is 12.3 Å². The molecular weight excluding hydrogens is 377 g/mol. The lowest BCUT2D eigenvalue weighted by atomic mass is 10.1. The maximum absolute atomic E-state index is 13.0. The molecule has 0 radical (unpaired) electrons. The number of hydrogen-bond donors (Lipinski definition) is 1. The van der Waals surface area contributed by atoms with Crippen LogP contribution in [0.15, 0.2) is 48.5 Å². The Morgan fingerprint density at radius 1 is 0.963 bits per heavy atom. The molecule has 2 aromatic rings. The molecule has 0 unspecified atom stereocenters. The summed E-state index contributed by atoms with van der Waals surface area (Å²) in [6.07, 6.45) is -11.3. The lowest BCUT2D eigenvalue weighted by Gasteiger charge is -2.20. The van der Waals surface area contributed by atoms with Gasteiger partial charge in [0.05, 0.1) is 18.4 Å². The molecule has 0 aromatic heterocycles. The van der Waals surface area contributed by atoms with Gasteiger partial charge in [-0.25, -0.2) is 4.79 Å². The Hall–Kier alpha value is -3.17. The predicted octanol–water partition coefficient (Wildman–Crippen LogP) is 4.26. The van der Waals surface area contributed by atoms with Gasteiger partial charge in [0.2, 0.25) is 0 Å². The highest BCUT2D eigenvalue weighted by atomic mass is 19.4. The SMILES string of the molecule is COC(=O)c1ccccc1NC(=O)c1cccc(OC(F)(F)C(F)(F)F)c1. The molecule has 10 heteroatoms. The summed E-state index contributed by atoms with van der Waals surface area (Å²) in [5.74, 6) is -2.44. The molecule has 5 nitrogen and oxygen atoms in total. The zero-order chi connectivity index (χ0) is 20.2. The van der Waals surface area contributed by atoms with Crippen LogP contribution in [0.25, 0.3) is 0 Å². The second kappa shape index (κ2) is 7.60. The molecule has 0 aliphatic heterocycles. The van der Waals surface area contributed by atoms with Crippen LogP contribution in [0.4, 0.5) is 27.6 Å². The van der Waals surface area contributed by atoms with E-state index in [1.54, 1.807) is 0 Å². The van der Waals surface area contributed by atoms with Crippen LogP contribution in [0.1, 0.15) is 20.7 Å². The van der Waals surface area contributed by atoms with Gasteiger partial charge in [-0.1, -0.05) is 18.2 Å². The van der Waals surface area contributed by atoms with E-state index in [4.69, 9.17) is 0 Å². The predicted molar refractivity (Wildman–Crippen MR) is 83.8 cm³/mol. The van der Waals surface area contributed by atoms with Crippen LogP contribution in [-0.2, 0) is 4.74 Å². The highest BCUT2D eigenvalue weighted by Crippen LogP contribution is 2.37. The van der Waals surface area contributed by atoms with Crippen molar-refractivity contribution in [3.63, 3.8) is 0 Å². The Bertz CT molecular complexity index is 851. The number of alkyl halides is 5. The zero-order valence-corrected chi connectivity index (χ0v) is 13.6. The van der Waals surface area contributed by atoms with Gasteiger partial charge < -0.3 is 14.8 Å². The van der Waals surface area contributed by atoms with E-state index in [-0.39, 0.29) is 16.8 Å². The van der Waals surface area contributed by atoms with E-state index in [2.05, 4.69) is 14.8 Å². The van der Waals surface area contributed by atoms with Gasteiger partial charge in [-0.3, -0.25) is 4.79 Å². The molecule has 2 rings (SSSR count). The number of amides is 1. The van der Waals surface area contributed by atoms with Crippen molar-refractivity contribution in [1.29, 1.82) is 0 Å². The van der Waals surface area contributed by atoms with E-state index in [0.29, 0.717) is 0 Å². The largest absolute Gasteiger partial charge is 0.499 e. The summed E-state index contributed by atoms with van der Waals surface area (Å²) in [6, 6.07) is 9.63. The number of para-hydroxylation sites is 1. The van der Waals surface area contributed by atoms with E-state index in [1.807, 2.05) is 0 Å². The minimum absolute atomic E-state index is 0.0318. The van der Waals surface area contributed by atoms with Crippen LogP contribution in [-0.4, -0.2) is 31.3 Å². The molecule has 0 saturated heterocycles. The van der Waals surface area contributed by atoms with Gasteiger partial charge in [-0.15, -0.1) is 0 Å². The number of carbonyl (C=O) groups is 2. The van der Waals surface area contributed by atoms with Crippen molar-refractivity contribution >= 4 is 17.6 Å². The summed E-state index contributed by atoms with van der Waals surface area (Å²) >= 11 is 0. The Kier molecular flexibility index (Phi) is 5.67. The first kappa shape index (κ1) is 20.1. The molecule has 27 heavy (non-hydrogen) atoms. The molecule has 0 aliphatic carbocycles. The minimum Gasteiger partial charge on any atom is -0.465 e. The number of benzene rings is 2. The van der Waals surface area contributed by atoms with Gasteiger partial charge in [0.1, 0.15) is 5.75 Å². The highest BCUT2D eigenvalue weighted by Gasteiger charge is 2.61. The van der Waals surface area contributed by atoms with Gasteiger partial charge in [0.25, 0.3) is 5.91 Å². The van der Waals surface area contributed by atoms with Crippen LogP contribution >= 0.6 is 0 Å². The van der Waals surface area contributed by atoms with Crippen LogP contribution in [0.5, 0.6) is 5.75 Å². The van der Waals surface area contributed by atoms with Crippen LogP contribution in [0, 0.1) is 0 Å². The van der Waals surface area contributed by atoms with E-state index >= 15 is 0 Å². The summed E-state index contributed by atoms with van der Waals surface area (Å²) in [5.41, 5.74) is -0.157. The Labute approximate surface area is 149 Å². The number of anilines is 1. The minimum atomic E-state index is -5.91. The van der Waals surface area contributed by atoms with E-state index in [9.17, 15) is 31.5 Å². The van der Waals surface area contributed by atoms with Crippen molar-refractivity contribution in [2.24, 2.45) is 0 Å². The van der Waals surface area contributed by atoms with Crippen LogP contribution < -0.4 is 10.1 Å². The Balaban J connectivity index is 2.23. The monoisotopic (exact) mass is 389 g/mol. The normalized spacial score (nSPS) is 11.6. The first-order valence-electron chi connectivity index (χ1n) is 7.27. The molecule has 1 amide bonds. The van der Waals surface area contributed by atoms with Crippen LogP contribution in [0.3, 0.4) is 0 Å². The van der Waals surface area contributed by atoms with E-state index in [0.717, 1.165) is 25.3 Å². The first-order valence-corrected chi connectivity index (χ1v) is 7.27. The second-order valence-electron chi connectivity index (χ2n) is 5.14. The molecule has 1 N–H and O–H groups in total. The number of rotatable bonds is 5. The van der Waals surface area contributed by atoms with Crippen molar-refractivity contribution in [1.82, 2.24) is 0 Å². The molecule has 0 aliphatic rings. The molecule has 0 fully saturated rings. The van der Waals surface area contributed by atoms with Crippen LogP contribution in [0.2, 0.25) is 0 Å². The van der Waals surface area contributed by atoms with Crippen molar-refractivity contribution in [3.05, 3.63) is 59.7 Å². The standard InChI is InChI=1S/C17H12F5NO4/c1-26-15(25)12-7-2-3-8-13(12)23-14(24)10-5-4-6-11(9-10)27-17(21,22)16(18,19)20/h2-9H,1H3,(H,23,24). The third kappa shape index (κ3) is 4.72. The fraction of sp³-hybridized carbons (Fsp3) is 0.176. The number of ether oxygens (including phenoxy) is 2. The smallest absolute Gasteiger partial charge is 0.465 e. The number of methoxy groups -OCH3 is 1. The van der Waals surface area contributed by atoms with E-state index < -0.39 is 29.9 Å².